The first kappa shape index (κ1) is 13.6. The van der Waals surface area contributed by atoms with Crippen molar-refractivity contribution in [1.82, 2.24) is 5.32 Å². The van der Waals surface area contributed by atoms with Gasteiger partial charge in [0, 0.05) is 13.1 Å². The minimum Gasteiger partial charge on any atom is -0.352 e. The molecule has 0 aliphatic carbocycles. The van der Waals surface area contributed by atoms with Crippen LogP contribution in [0.5, 0.6) is 0 Å². The van der Waals surface area contributed by atoms with E-state index in [1.807, 2.05) is 0 Å². The van der Waals surface area contributed by atoms with Crippen LogP contribution in [-0.2, 0) is 4.79 Å². The van der Waals surface area contributed by atoms with Crippen molar-refractivity contribution >= 4 is 28.9 Å². The molecule has 1 aliphatic rings. The van der Waals surface area contributed by atoms with Crippen molar-refractivity contribution < 1.29 is 9.72 Å². The molecule has 0 saturated carbocycles. The van der Waals surface area contributed by atoms with Crippen LogP contribution in [0.2, 0.25) is 5.02 Å². The van der Waals surface area contributed by atoms with Gasteiger partial charge in [-0.25, -0.2) is 0 Å². The number of carbonyl (C=O) groups is 1. The highest BCUT2D eigenvalue weighted by Gasteiger charge is 2.40. The maximum Gasteiger partial charge on any atom is 0.310 e. The summed E-state index contributed by atoms with van der Waals surface area (Å²) < 4.78 is 0. The van der Waals surface area contributed by atoms with E-state index >= 15 is 0 Å². The van der Waals surface area contributed by atoms with Crippen LogP contribution in [0.15, 0.2) is 18.2 Å². The summed E-state index contributed by atoms with van der Waals surface area (Å²) in [6.07, 6.45) is 0. The van der Waals surface area contributed by atoms with Crippen molar-refractivity contribution in [2.75, 3.05) is 18.0 Å². The number of rotatable bonds is 2. The Bertz CT molecular complexity index is 545. The monoisotopic (exact) mass is 283 g/mol. The van der Waals surface area contributed by atoms with Crippen LogP contribution < -0.4 is 10.2 Å². The van der Waals surface area contributed by atoms with Gasteiger partial charge in [0.1, 0.15) is 16.2 Å². The molecule has 2 rings (SSSR count). The first-order chi connectivity index (χ1) is 8.85. The number of nitro groups is 1. The van der Waals surface area contributed by atoms with Gasteiger partial charge in [0.05, 0.1) is 4.92 Å². The van der Waals surface area contributed by atoms with E-state index in [4.69, 9.17) is 11.6 Å². The fourth-order valence-electron chi connectivity index (χ4n) is 2.22. The zero-order valence-electron chi connectivity index (χ0n) is 10.6. The van der Waals surface area contributed by atoms with E-state index in [0.717, 1.165) is 0 Å². The van der Waals surface area contributed by atoms with E-state index in [9.17, 15) is 14.9 Å². The fourth-order valence-corrected chi connectivity index (χ4v) is 2.46. The smallest absolute Gasteiger partial charge is 0.310 e. The lowest BCUT2D eigenvalue weighted by molar-refractivity contribution is -0.384. The van der Waals surface area contributed by atoms with E-state index in [0.29, 0.717) is 18.8 Å². The number of anilines is 1. The molecule has 1 aromatic carbocycles. The van der Waals surface area contributed by atoms with Crippen molar-refractivity contribution in [3.8, 4) is 0 Å². The van der Waals surface area contributed by atoms with Gasteiger partial charge in [0.15, 0.2) is 0 Å². The normalized spacial score (nSPS) is 18.1. The molecular weight excluding hydrogens is 270 g/mol. The van der Waals surface area contributed by atoms with Crippen molar-refractivity contribution in [3.63, 3.8) is 0 Å². The molecule has 1 aliphatic heterocycles. The molecule has 1 fully saturated rings. The number of carbonyl (C=O) groups excluding carboxylic acids is 1. The van der Waals surface area contributed by atoms with Crippen LogP contribution in [0.25, 0.3) is 0 Å². The van der Waals surface area contributed by atoms with Crippen LogP contribution >= 0.6 is 11.6 Å². The minimum atomic E-state index is -0.853. The largest absolute Gasteiger partial charge is 0.352 e. The standard InChI is InChI=1S/C12H14ClN3O3/c1-12(2)11(17)14-6-7-15(12)9-5-3-4-8(13)10(9)16(18)19/h3-5H,6-7H2,1-2H3,(H,14,17). The summed E-state index contributed by atoms with van der Waals surface area (Å²) in [7, 11) is 0. The van der Waals surface area contributed by atoms with Crippen LogP contribution in [0.3, 0.4) is 0 Å². The van der Waals surface area contributed by atoms with Gasteiger partial charge in [-0.3, -0.25) is 14.9 Å². The van der Waals surface area contributed by atoms with Gasteiger partial charge in [0.25, 0.3) is 0 Å². The van der Waals surface area contributed by atoms with Crippen LogP contribution in [0.1, 0.15) is 13.8 Å². The SMILES string of the molecule is CC1(C)C(=O)NCCN1c1cccc(Cl)c1[N+](=O)[O-]. The summed E-state index contributed by atoms with van der Waals surface area (Å²) >= 11 is 5.90. The molecule has 0 unspecified atom stereocenters. The Balaban J connectivity index is 2.55. The highest BCUT2D eigenvalue weighted by Crippen LogP contribution is 2.38. The highest BCUT2D eigenvalue weighted by molar-refractivity contribution is 6.33. The second-order valence-electron chi connectivity index (χ2n) is 4.83. The lowest BCUT2D eigenvalue weighted by atomic mass is 9.97. The molecule has 0 aromatic heterocycles. The molecule has 0 atom stereocenters. The number of piperazine rings is 1. The Morgan fingerprint density at radius 1 is 1.47 bits per heavy atom. The third-order valence-electron chi connectivity index (χ3n) is 3.29. The summed E-state index contributed by atoms with van der Waals surface area (Å²) in [5.41, 5.74) is -0.641. The van der Waals surface area contributed by atoms with Crippen molar-refractivity contribution in [2.24, 2.45) is 0 Å². The Morgan fingerprint density at radius 2 is 2.16 bits per heavy atom. The number of hydrogen-bond acceptors (Lipinski definition) is 4. The molecule has 0 radical (unpaired) electrons. The molecule has 19 heavy (non-hydrogen) atoms. The number of amides is 1. The van der Waals surface area contributed by atoms with Gasteiger partial charge in [-0.2, -0.15) is 0 Å². The Morgan fingerprint density at radius 3 is 2.79 bits per heavy atom. The first-order valence-electron chi connectivity index (χ1n) is 5.84. The molecule has 1 heterocycles. The van der Waals surface area contributed by atoms with Crippen molar-refractivity contribution in [2.45, 2.75) is 19.4 Å². The average Bonchev–Trinajstić information content (AvgIpc) is 2.31. The summed E-state index contributed by atoms with van der Waals surface area (Å²) in [5.74, 6) is -0.159. The molecule has 0 spiro atoms. The van der Waals surface area contributed by atoms with E-state index in [1.54, 1.807) is 30.9 Å². The molecular formula is C12H14ClN3O3. The third kappa shape index (κ3) is 2.23. The fraction of sp³-hybridized carbons (Fsp3) is 0.417. The Labute approximate surface area is 115 Å². The number of nitro benzene ring substituents is 1. The van der Waals surface area contributed by atoms with Gasteiger partial charge in [-0.15, -0.1) is 0 Å². The number of nitrogens with one attached hydrogen (secondary N) is 1. The van der Waals surface area contributed by atoms with Gasteiger partial charge in [0.2, 0.25) is 5.91 Å². The summed E-state index contributed by atoms with van der Waals surface area (Å²) in [6.45, 7) is 4.41. The van der Waals surface area contributed by atoms with E-state index in [2.05, 4.69) is 5.32 Å². The molecule has 102 valence electrons. The Hall–Kier alpha value is -1.82. The quantitative estimate of drug-likeness (QED) is 0.665. The summed E-state index contributed by atoms with van der Waals surface area (Å²) in [5, 5.41) is 14.0. The summed E-state index contributed by atoms with van der Waals surface area (Å²) in [6, 6.07) is 4.73. The minimum absolute atomic E-state index is 0.0734. The maximum atomic E-state index is 11.9. The number of para-hydroxylation sites is 1. The van der Waals surface area contributed by atoms with E-state index in [-0.39, 0.29) is 16.6 Å². The predicted molar refractivity (Wildman–Crippen MR) is 72.5 cm³/mol. The lowest BCUT2D eigenvalue weighted by Crippen LogP contribution is -2.62. The second-order valence-corrected chi connectivity index (χ2v) is 5.24. The van der Waals surface area contributed by atoms with Gasteiger partial charge < -0.3 is 10.2 Å². The molecule has 7 heteroatoms. The zero-order valence-corrected chi connectivity index (χ0v) is 11.4. The molecule has 1 aromatic rings. The molecule has 0 bridgehead atoms. The van der Waals surface area contributed by atoms with Crippen LogP contribution in [-0.4, -0.2) is 29.5 Å². The van der Waals surface area contributed by atoms with E-state index < -0.39 is 10.5 Å². The molecule has 6 nitrogen and oxygen atoms in total. The number of benzene rings is 1. The van der Waals surface area contributed by atoms with Gasteiger partial charge >= 0.3 is 5.69 Å². The number of hydrogen-bond donors (Lipinski definition) is 1. The number of nitrogens with zero attached hydrogens (tertiary/aromatic N) is 2. The maximum absolute atomic E-state index is 11.9. The van der Waals surface area contributed by atoms with Gasteiger partial charge in [-0.05, 0) is 26.0 Å². The molecule has 1 saturated heterocycles. The highest BCUT2D eigenvalue weighted by atomic mass is 35.5. The van der Waals surface area contributed by atoms with Crippen molar-refractivity contribution in [1.29, 1.82) is 0 Å². The van der Waals surface area contributed by atoms with Gasteiger partial charge in [-0.1, -0.05) is 17.7 Å². The third-order valence-corrected chi connectivity index (χ3v) is 3.60. The Kier molecular flexibility index (Phi) is 3.36. The van der Waals surface area contributed by atoms with Crippen molar-refractivity contribution in [3.05, 3.63) is 33.3 Å². The summed E-state index contributed by atoms with van der Waals surface area (Å²) in [4.78, 5) is 24.3. The number of halogens is 1. The van der Waals surface area contributed by atoms with Crippen LogP contribution in [0.4, 0.5) is 11.4 Å². The van der Waals surface area contributed by atoms with E-state index in [1.165, 1.54) is 6.07 Å². The topological polar surface area (TPSA) is 75.5 Å². The zero-order chi connectivity index (χ0) is 14.2. The predicted octanol–water partition coefficient (Wildman–Crippen LogP) is 1.96. The molecule has 1 amide bonds. The second kappa shape index (κ2) is 4.70. The average molecular weight is 284 g/mol. The lowest BCUT2D eigenvalue weighted by Gasteiger charge is -2.42. The van der Waals surface area contributed by atoms with Crippen LogP contribution in [0, 0.1) is 10.1 Å². The molecule has 1 N–H and O–H groups in total. The first-order valence-corrected chi connectivity index (χ1v) is 6.22.